The first-order chi connectivity index (χ1) is 18.4. The second-order valence-corrected chi connectivity index (χ2v) is 9.75. The van der Waals surface area contributed by atoms with Gasteiger partial charge in [-0.15, -0.1) is 0 Å². The Morgan fingerprint density at radius 1 is 0.842 bits per heavy atom. The van der Waals surface area contributed by atoms with Crippen LogP contribution in [0.15, 0.2) is 48.8 Å². The Morgan fingerprint density at radius 3 is 2.03 bits per heavy atom. The van der Waals surface area contributed by atoms with Gasteiger partial charge in [-0.05, 0) is 69.8 Å². The summed E-state index contributed by atoms with van der Waals surface area (Å²) < 4.78 is 0. The Bertz CT molecular complexity index is 901. The Kier molecular flexibility index (Phi) is 15.3. The van der Waals surface area contributed by atoms with Crippen molar-refractivity contribution in [1.82, 2.24) is 25.5 Å². The predicted molar refractivity (Wildman–Crippen MR) is 147 cm³/mol. The van der Waals surface area contributed by atoms with Crippen LogP contribution in [0.25, 0.3) is 0 Å². The van der Waals surface area contributed by atoms with Crippen molar-refractivity contribution < 1.29 is 19.5 Å². The van der Waals surface area contributed by atoms with Crippen LogP contribution in [-0.4, -0.2) is 56.9 Å². The van der Waals surface area contributed by atoms with Gasteiger partial charge in [0.15, 0.2) is 0 Å². The predicted octanol–water partition coefficient (Wildman–Crippen LogP) is 4.72. The number of ketones is 1. The molecule has 2 amide bonds. The summed E-state index contributed by atoms with van der Waals surface area (Å²) in [5.74, 6) is -0.545. The van der Waals surface area contributed by atoms with Gasteiger partial charge in [-0.2, -0.15) is 0 Å². The molecule has 0 saturated heterocycles. The molecular formula is C29H43N5O4. The van der Waals surface area contributed by atoms with E-state index in [1.807, 2.05) is 48.8 Å². The van der Waals surface area contributed by atoms with Crippen LogP contribution in [0.1, 0.15) is 82.5 Å². The maximum atomic E-state index is 12.3. The Hall–Kier alpha value is -3.33. The first-order valence-corrected chi connectivity index (χ1v) is 13.7. The molecule has 2 aromatic heterocycles. The third kappa shape index (κ3) is 15.0. The molecule has 9 nitrogen and oxygen atoms in total. The highest BCUT2D eigenvalue weighted by Gasteiger charge is 2.10. The molecule has 9 heteroatoms. The van der Waals surface area contributed by atoms with Crippen molar-refractivity contribution >= 4 is 17.8 Å². The number of Topliss-reactive ketones (excluding diaryl/α,β-unsaturated/α-hetero) is 1. The monoisotopic (exact) mass is 525 g/mol. The minimum atomic E-state index is -0.864. The largest absolute Gasteiger partial charge is 0.481 e. The number of carbonyl (C=O) groups is 3. The van der Waals surface area contributed by atoms with Crippen molar-refractivity contribution in [3.05, 3.63) is 60.2 Å². The van der Waals surface area contributed by atoms with Crippen LogP contribution in [-0.2, 0) is 22.7 Å². The molecule has 0 fully saturated rings. The van der Waals surface area contributed by atoms with Crippen molar-refractivity contribution in [3.63, 3.8) is 0 Å². The van der Waals surface area contributed by atoms with Crippen molar-refractivity contribution in [3.8, 4) is 0 Å². The van der Waals surface area contributed by atoms with Crippen LogP contribution in [0, 0.1) is 0 Å². The summed E-state index contributed by atoms with van der Waals surface area (Å²) in [5.41, 5.74) is 2.06. The number of nitrogens with one attached hydrogen (secondary N) is 2. The summed E-state index contributed by atoms with van der Waals surface area (Å²) in [4.78, 5) is 45.9. The summed E-state index contributed by atoms with van der Waals surface area (Å²) in [5, 5.41) is 14.2. The molecule has 2 rings (SSSR count). The van der Waals surface area contributed by atoms with E-state index < -0.39 is 5.97 Å². The van der Waals surface area contributed by atoms with Gasteiger partial charge in [0.2, 0.25) is 0 Å². The minimum absolute atomic E-state index is 0.0383. The Labute approximate surface area is 226 Å². The molecule has 0 spiro atoms. The molecule has 1 unspecified atom stereocenters. The molecule has 0 saturated carbocycles. The topological polar surface area (TPSA) is 125 Å². The SMILES string of the molecule is CC(CCC(=O)O)NC(=O)NCCCCCCC(=O)CCCCN(Cc1ccccn1)Cc1ccccn1. The molecule has 0 bridgehead atoms. The number of hydrogen-bond acceptors (Lipinski definition) is 6. The standard InChI is InChI=1S/C29H43N5O4/c1-24(16-17-28(36)37)33-29(38)32-20-8-3-2-4-14-27(35)15-7-11-21-34(22-25-12-5-9-18-30-25)23-26-13-6-10-19-31-26/h5-6,9-10,12-13,18-19,24H,2-4,7-8,11,14-17,20-23H2,1H3,(H,36,37)(H2,32,33,38). The molecule has 0 aromatic carbocycles. The smallest absolute Gasteiger partial charge is 0.314 e. The highest BCUT2D eigenvalue weighted by Crippen LogP contribution is 2.11. The van der Waals surface area contributed by atoms with E-state index in [-0.39, 0.29) is 18.5 Å². The quantitative estimate of drug-likeness (QED) is 0.214. The number of hydrogen-bond donors (Lipinski definition) is 3. The average Bonchev–Trinajstić information content (AvgIpc) is 2.90. The number of rotatable bonds is 20. The van der Waals surface area contributed by atoms with Gasteiger partial charge in [-0.25, -0.2) is 4.79 Å². The number of carbonyl (C=O) groups excluding carboxylic acids is 2. The van der Waals surface area contributed by atoms with Gasteiger partial charge in [0.1, 0.15) is 5.78 Å². The number of urea groups is 1. The zero-order valence-electron chi connectivity index (χ0n) is 22.6. The Balaban J connectivity index is 1.53. The lowest BCUT2D eigenvalue weighted by Gasteiger charge is -2.21. The van der Waals surface area contributed by atoms with Crippen LogP contribution in [0.4, 0.5) is 4.79 Å². The van der Waals surface area contributed by atoms with Crippen molar-refractivity contribution in [2.45, 2.75) is 90.3 Å². The zero-order valence-corrected chi connectivity index (χ0v) is 22.6. The zero-order chi connectivity index (χ0) is 27.4. The molecular weight excluding hydrogens is 482 g/mol. The first kappa shape index (κ1) is 30.9. The van der Waals surface area contributed by atoms with Crippen LogP contribution in [0.2, 0.25) is 0 Å². The lowest BCUT2D eigenvalue weighted by atomic mass is 10.1. The average molecular weight is 526 g/mol. The second-order valence-electron chi connectivity index (χ2n) is 9.75. The van der Waals surface area contributed by atoms with Gasteiger partial charge in [0.25, 0.3) is 0 Å². The number of pyridine rings is 2. The summed E-state index contributed by atoms with van der Waals surface area (Å²) in [6.45, 7) is 4.76. The molecule has 3 N–H and O–H groups in total. The molecule has 0 aliphatic rings. The van der Waals surface area contributed by atoms with Gasteiger partial charge >= 0.3 is 12.0 Å². The number of unbranched alkanes of at least 4 members (excludes halogenated alkanes) is 4. The van der Waals surface area contributed by atoms with E-state index in [2.05, 4.69) is 25.5 Å². The molecule has 38 heavy (non-hydrogen) atoms. The van der Waals surface area contributed by atoms with Crippen LogP contribution in [0.5, 0.6) is 0 Å². The van der Waals surface area contributed by atoms with E-state index in [1.165, 1.54) is 0 Å². The minimum Gasteiger partial charge on any atom is -0.481 e. The molecule has 0 radical (unpaired) electrons. The molecule has 1 atom stereocenters. The molecule has 2 heterocycles. The van der Waals surface area contributed by atoms with Gasteiger partial charge < -0.3 is 15.7 Å². The highest BCUT2D eigenvalue weighted by atomic mass is 16.4. The van der Waals surface area contributed by atoms with Crippen LogP contribution in [0.3, 0.4) is 0 Å². The van der Waals surface area contributed by atoms with Crippen LogP contribution >= 0.6 is 0 Å². The normalized spacial score (nSPS) is 11.7. The molecule has 0 aliphatic carbocycles. The lowest BCUT2D eigenvalue weighted by molar-refractivity contribution is -0.137. The number of amides is 2. The number of carboxylic acids is 1. The van der Waals surface area contributed by atoms with Crippen molar-refractivity contribution in [2.75, 3.05) is 13.1 Å². The summed E-state index contributed by atoms with van der Waals surface area (Å²) in [6, 6.07) is 11.5. The number of aliphatic carboxylic acids is 1. The first-order valence-electron chi connectivity index (χ1n) is 13.7. The van der Waals surface area contributed by atoms with E-state index >= 15 is 0 Å². The lowest BCUT2D eigenvalue weighted by Crippen LogP contribution is -2.41. The van der Waals surface area contributed by atoms with Crippen molar-refractivity contribution in [2.24, 2.45) is 0 Å². The summed E-state index contributed by atoms with van der Waals surface area (Å²) in [7, 11) is 0. The Morgan fingerprint density at radius 2 is 1.45 bits per heavy atom. The fraction of sp³-hybridized carbons (Fsp3) is 0.552. The number of carboxylic acid groups (broad SMARTS) is 1. The number of nitrogens with zero attached hydrogens (tertiary/aromatic N) is 3. The molecule has 0 aliphatic heterocycles. The van der Waals surface area contributed by atoms with E-state index in [0.717, 1.165) is 69.5 Å². The van der Waals surface area contributed by atoms with Gasteiger partial charge in [0, 0.05) is 57.3 Å². The number of aromatic nitrogens is 2. The van der Waals surface area contributed by atoms with Gasteiger partial charge in [0.05, 0.1) is 11.4 Å². The van der Waals surface area contributed by atoms with Gasteiger partial charge in [-0.3, -0.25) is 24.5 Å². The third-order valence-corrected chi connectivity index (χ3v) is 6.24. The van der Waals surface area contributed by atoms with E-state index in [4.69, 9.17) is 5.11 Å². The fourth-order valence-corrected chi connectivity index (χ4v) is 4.13. The van der Waals surface area contributed by atoms with Crippen molar-refractivity contribution in [1.29, 1.82) is 0 Å². The van der Waals surface area contributed by atoms with Crippen LogP contribution < -0.4 is 10.6 Å². The summed E-state index contributed by atoms with van der Waals surface area (Å²) >= 11 is 0. The third-order valence-electron chi connectivity index (χ3n) is 6.24. The van der Waals surface area contributed by atoms with E-state index in [0.29, 0.717) is 31.6 Å². The maximum absolute atomic E-state index is 12.3. The molecule has 208 valence electrons. The summed E-state index contributed by atoms with van der Waals surface area (Å²) in [6.07, 6.45) is 10.8. The van der Waals surface area contributed by atoms with E-state index in [1.54, 1.807) is 6.92 Å². The molecule has 2 aromatic rings. The van der Waals surface area contributed by atoms with Gasteiger partial charge in [-0.1, -0.05) is 25.0 Å². The fourth-order valence-electron chi connectivity index (χ4n) is 4.13. The second kappa shape index (κ2) is 18.8. The van der Waals surface area contributed by atoms with E-state index in [9.17, 15) is 14.4 Å². The maximum Gasteiger partial charge on any atom is 0.314 e. The highest BCUT2D eigenvalue weighted by molar-refractivity contribution is 5.78.